The Balaban J connectivity index is 1.75. The first kappa shape index (κ1) is 16.8. The summed E-state index contributed by atoms with van der Waals surface area (Å²) in [7, 11) is 0. The molecule has 0 bridgehead atoms. The third kappa shape index (κ3) is 2.59. The van der Waals surface area contributed by atoms with Crippen LogP contribution in [0.25, 0.3) is 10.8 Å². The predicted molar refractivity (Wildman–Crippen MR) is 105 cm³/mol. The van der Waals surface area contributed by atoms with Gasteiger partial charge in [0.15, 0.2) is 0 Å². The fourth-order valence-corrected chi connectivity index (χ4v) is 3.89. The lowest BCUT2D eigenvalue weighted by Gasteiger charge is -2.24. The maximum absolute atomic E-state index is 13.2. The standard InChI is InChI=1S/C21H17BrN2O2/c1-21(17-11-6-9-14-7-2-4-10-16(14)17)19(25)24(20(26)23-21)13-15-8-3-5-12-18(15)22/h2-12H,13H2,1H3,(H,23,26)/t21-/m0/s1. The van der Waals surface area contributed by atoms with Gasteiger partial charge in [0.1, 0.15) is 5.54 Å². The topological polar surface area (TPSA) is 49.4 Å². The second-order valence-electron chi connectivity index (χ2n) is 6.56. The second kappa shape index (κ2) is 6.25. The number of urea groups is 1. The molecule has 5 heteroatoms. The highest BCUT2D eigenvalue weighted by atomic mass is 79.9. The molecule has 4 nitrogen and oxygen atoms in total. The van der Waals surface area contributed by atoms with Gasteiger partial charge in [0.05, 0.1) is 6.54 Å². The van der Waals surface area contributed by atoms with Crippen LogP contribution in [0.4, 0.5) is 4.79 Å². The molecule has 0 saturated carbocycles. The lowest BCUT2D eigenvalue weighted by atomic mass is 9.88. The summed E-state index contributed by atoms with van der Waals surface area (Å²) in [5, 5.41) is 4.91. The quantitative estimate of drug-likeness (QED) is 0.645. The van der Waals surface area contributed by atoms with Crippen molar-refractivity contribution in [1.82, 2.24) is 10.2 Å². The van der Waals surface area contributed by atoms with Gasteiger partial charge in [-0.1, -0.05) is 76.6 Å². The molecule has 26 heavy (non-hydrogen) atoms. The van der Waals surface area contributed by atoms with Crippen LogP contribution in [-0.2, 0) is 16.9 Å². The van der Waals surface area contributed by atoms with E-state index >= 15 is 0 Å². The molecule has 1 aliphatic heterocycles. The fraction of sp³-hybridized carbons (Fsp3) is 0.143. The van der Waals surface area contributed by atoms with E-state index in [-0.39, 0.29) is 18.5 Å². The van der Waals surface area contributed by atoms with Crippen LogP contribution in [0.2, 0.25) is 0 Å². The Morgan fingerprint density at radius 2 is 1.65 bits per heavy atom. The highest BCUT2D eigenvalue weighted by Crippen LogP contribution is 2.34. The van der Waals surface area contributed by atoms with Crippen molar-refractivity contribution in [3.8, 4) is 0 Å². The maximum Gasteiger partial charge on any atom is 0.325 e. The average Bonchev–Trinajstić information content (AvgIpc) is 2.87. The monoisotopic (exact) mass is 408 g/mol. The first-order valence-corrected chi connectivity index (χ1v) is 9.16. The van der Waals surface area contributed by atoms with Gasteiger partial charge in [0.25, 0.3) is 5.91 Å². The van der Waals surface area contributed by atoms with Crippen molar-refractivity contribution in [3.05, 3.63) is 82.3 Å². The summed E-state index contributed by atoms with van der Waals surface area (Å²) in [6.07, 6.45) is 0. The van der Waals surface area contributed by atoms with Crippen molar-refractivity contribution in [1.29, 1.82) is 0 Å². The number of nitrogens with one attached hydrogen (secondary N) is 1. The van der Waals surface area contributed by atoms with E-state index in [0.29, 0.717) is 0 Å². The lowest BCUT2D eigenvalue weighted by Crippen LogP contribution is -2.41. The molecular weight excluding hydrogens is 392 g/mol. The molecule has 0 spiro atoms. The highest BCUT2D eigenvalue weighted by molar-refractivity contribution is 9.10. The molecule has 0 aromatic heterocycles. The highest BCUT2D eigenvalue weighted by Gasteiger charge is 2.49. The average molecular weight is 409 g/mol. The number of benzene rings is 3. The van der Waals surface area contributed by atoms with Crippen LogP contribution in [0.15, 0.2) is 71.2 Å². The normalized spacial score (nSPS) is 19.8. The summed E-state index contributed by atoms with van der Waals surface area (Å²) >= 11 is 3.48. The van der Waals surface area contributed by atoms with E-state index in [2.05, 4.69) is 21.2 Å². The van der Waals surface area contributed by atoms with Crippen LogP contribution in [0, 0.1) is 0 Å². The molecule has 3 aromatic rings. The molecule has 1 fully saturated rings. The van der Waals surface area contributed by atoms with Crippen molar-refractivity contribution >= 4 is 38.6 Å². The van der Waals surface area contributed by atoms with Crippen LogP contribution in [-0.4, -0.2) is 16.8 Å². The number of imide groups is 1. The number of nitrogens with zero attached hydrogens (tertiary/aromatic N) is 1. The van der Waals surface area contributed by atoms with Crippen molar-refractivity contribution in [2.45, 2.75) is 19.0 Å². The molecule has 1 N–H and O–H groups in total. The smallest absolute Gasteiger partial charge is 0.319 e. The van der Waals surface area contributed by atoms with Crippen LogP contribution in [0.3, 0.4) is 0 Å². The van der Waals surface area contributed by atoms with Gasteiger partial charge in [-0.2, -0.15) is 0 Å². The van der Waals surface area contributed by atoms with Gasteiger partial charge in [0.2, 0.25) is 0 Å². The molecule has 4 rings (SSSR count). The minimum Gasteiger partial charge on any atom is -0.319 e. The Labute approximate surface area is 159 Å². The minimum absolute atomic E-state index is 0.229. The number of halogens is 1. The summed E-state index contributed by atoms with van der Waals surface area (Å²) in [5.74, 6) is -0.241. The van der Waals surface area contributed by atoms with Crippen molar-refractivity contribution in [3.63, 3.8) is 0 Å². The van der Waals surface area contributed by atoms with Crippen LogP contribution in [0.5, 0.6) is 0 Å². The summed E-state index contributed by atoms with van der Waals surface area (Å²) in [4.78, 5) is 27.1. The Morgan fingerprint density at radius 3 is 2.46 bits per heavy atom. The molecule has 1 atom stereocenters. The Bertz CT molecular complexity index is 1030. The third-order valence-corrected chi connectivity index (χ3v) is 5.66. The van der Waals surface area contributed by atoms with Crippen molar-refractivity contribution < 1.29 is 9.59 Å². The van der Waals surface area contributed by atoms with Gasteiger partial charge in [-0.3, -0.25) is 9.69 Å². The van der Waals surface area contributed by atoms with Crippen molar-refractivity contribution in [2.75, 3.05) is 0 Å². The maximum atomic E-state index is 13.2. The van der Waals surface area contributed by atoms with E-state index in [1.54, 1.807) is 6.92 Å². The van der Waals surface area contributed by atoms with Gasteiger partial charge in [-0.15, -0.1) is 0 Å². The number of fused-ring (bicyclic) bond motifs is 1. The molecule has 1 heterocycles. The van der Waals surface area contributed by atoms with E-state index in [4.69, 9.17) is 0 Å². The molecule has 130 valence electrons. The number of hydrogen-bond acceptors (Lipinski definition) is 2. The lowest BCUT2D eigenvalue weighted by molar-refractivity contribution is -0.131. The van der Waals surface area contributed by atoms with Crippen LogP contribution < -0.4 is 5.32 Å². The van der Waals surface area contributed by atoms with Gasteiger partial charge in [0, 0.05) is 4.47 Å². The molecule has 1 aliphatic rings. The molecule has 0 aliphatic carbocycles. The van der Waals surface area contributed by atoms with Crippen LogP contribution in [0.1, 0.15) is 18.1 Å². The van der Waals surface area contributed by atoms with Crippen LogP contribution >= 0.6 is 15.9 Å². The third-order valence-electron chi connectivity index (χ3n) is 4.89. The van der Waals surface area contributed by atoms with Gasteiger partial charge in [-0.25, -0.2) is 4.79 Å². The molecule has 1 saturated heterocycles. The number of hydrogen-bond donors (Lipinski definition) is 1. The van der Waals surface area contributed by atoms with Gasteiger partial charge in [-0.05, 0) is 34.9 Å². The molecular formula is C21H17BrN2O2. The Kier molecular flexibility index (Phi) is 4.04. The van der Waals surface area contributed by atoms with Crippen molar-refractivity contribution in [2.24, 2.45) is 0 Å². The molecule has 3 aromatic carbocycles. The summed E-state index contributed by atoms with van der Waals surface area (Å²) in [6, 6.07) is 20.9. The number of rotatable bonds is 3. The first-order valence-electron chi connectivity index (χ1n) is 8.36. The van der Waals surface area contributed by atoms with Gasteiger partial charge >= 0.3 is 6.03 Å². The fourth-order valence-electron chi connectivity index (χ4n) is 3.48. The number of carbonyl (C=O) groups is 2. The SMILES string of the molecule is C[C@@]1(c2cccc3ccccc23)NC(=O)N(Cc2ccccc2Br)C1=O. The van der Waals surface area contributed by atoms with E-state index in [1.165, 1.54) is 4.90 Å². The summed E-state index contributed by atoms with van der Waals surface area (Å²) < 4.78 is 0.874. The second-order valence-corrected chi connectivity index (χ2v) is 7.42. The summed E-state index contributed by atoms with van der Waals surface area (Å²) in [6.45, 7) is 2.00. The molecule has 0 radical (unpaired) electrons. The Morgan fingerprint density at radius 1 is 0.962 bits per heavy atom. The van der Waals surface area contributed by atoms with E-state index in [9.17, 15) is 9.59 Å². The zero-order valence-electron chi connectivity index (χ0n) is 14.2. The first-order chi connectivity index (χ1) is 12.5. The zero-order chi connectivity index (χ0) is 18.3. The van der Waals surface area contributed by atoms with Gasteiger partial charge < -0.3 is 5.32 Å². The molecule has 3 amide bonds. The van der Waals surface area contributed by atoms with E-state index in [1.807, 2.05) is 66.7 Å². The van der Waals surface area contributed by atoms with E-state index < -0.39 is 5.54 Å². The molecule has 0 unspecified atom stereocenters. The summed E-state index contributed by atoms with van der Waals surface area (Å²) in [5.41, 5.74) is 0.612. The predicted octanol–water partition coefficient (Wildman–Crippen LogP) is 4.57. The Hall–Kier alpha value is -2.66. The minimum atomic E-state index is -1.08. The number of carbonyl (C=O) groups excluding carboxylic acids is 2. The largest absolute Gasteiger partial charge is 0.325 e. The zero-order valence-corrected chi connectivity index (χ0v) is 15.8. The number of amides is 3. The van der Waals surface area contributed by atoms with E-state index in [0.717, 1.165) is 26.4 Å².